The van der Waals surface area contributed by atoms with Crippen LogP contribution in [0.1, 0.15) is 44.6 Å². The van der Waals surface area contributed by atoms with Crippen LogP contribution in [0.2, 0.25) is 0 Å². The Kier molecular flexibility index (Phi) is 5.60. The fourth-order valence-electron chi connectivity index (χ4n) is 2.98. The van der Waals surface area contributed by atoms with Crippen molar-refractivity contribution in [1.82, 2.24) is 5.32 Å². The van der Waals surface area contributed by atoms with Crippen molar-refractivity contribution in [2.45, 2.75) is 57.5 Å². The molecule has 3 N–H and O–H groups in total. The Hall–Kier alpha value is -1.35. The van der Waals surface area contributed by atoms with E-state index in [1.54, 1.807) is 0 Å². The Balaban J connectivity index is 1.77. The first-order valence-electron chi connectivity index (χ1n) is 7.79. The summed E-state index contributed by atoms with van der Waals surface area (Å²) in [5.74, 6) is 0.843. The third-order valence-electron chi connectivity index (χ3n) is 4.41. The lowest BCUT2D eigenvalue weighted by molar-refractivity contribution is -0.123. The van der Waals surface area contributed by atoms with Crippen molar-refractivity contribution in [3.63, 3.8) is 0 Å². The molecule has 0 aliphatic heterocycles. The maximum absolute atomic E-state index is 12.1. The number of rotatable bonds is 5. The van der Waals surface area contributed by atoms with E-state index in [1.165, 1.54) is 19.3 Å². The number of nitrogens with two attached hydrogens (primary N) is 1. The van der Waals surface area contributed by atoms with Crippen molar-refractivity contribution >= 4 is 5.91 Å². The van der Waals surface area contributed by atoms with Gasteiger partial charge in [-0.1, -0.05) is 43.7 Å². The van der Waals surface area contributed by atoms with Gasteiger partial charge in [0.05, 0.1) is 6.04 Å². The fraction of sp³-hybridized carbons (Fsp3) is 0.588. The topological polar surface area (TPSA) is 55.1 Å². The molecule has 0 aromatic heterocycles. The molecule has 0 bridgehead atoms. The van der Waals surface area contributed by atoms with E-state index in [-0.39, 0.29) is 5.91 Å². The summed E-state index contributed by atoms with van der Waals surface area (Å²) in [5.41, 5.74) is 7.12. The largest absolute Gasteiger partial charge is 0.352 e. The number of hydrogen-bond acceptors (Lipinski definition) is 2. The summed E-state index contributed by atoms with van der Waals surface area (Å²) in [5, 5.41) is 3.12. The molecule has 0 heterocycles. The molecule has 0 unspecified atom stereocenters. The average molecular weight is 274 g/mol. The molecule has 2 rings (SSSR count). The molecule has 1 aliphatic rings. The SMILES string of the molecule is CCC1CCC(NC(=O)[C@@H](N)Cc2ccccc2)CC1. The second kappa shape index (κ2) is 7.44. The zero-order valence-corrected chi connectivity index (χ0v) is 12.3. The van der Waals surface area contributed by atoms with Crippen LogP contribution < -0.4 is 11.1 Å². The number of carbonyl (C=O) groups is 1. The van der Waals surface area contributed by atoms with Gasteiger partial charge in [0.25, 0.3) is 0 Å². The molecule has 0 radical (unpaired) electrons. The Morgan fingerprint density at radius 1 is 1.25 bits per heavy atom. The van der Waals surface area contributed by atoms with Gasteiger partial charge in [0.15, 0.2) is 0 Å². The number of carbonyl (C=O) groups excluding carboxylic acids is 1. The first kappa shape index (κ1) is 15.0. The van der Waals surface area contributed by atoms with Crippen LogP contribution in [0.4, 0.5) is 0 Å². The first-order valence-corrected chi connectivity index (χ1v) is 7.79. The molecule has 1 fully saturated rings. The lowest BCUT2D eigenvalue weighted by Gasteiger charge is -2.29. The number of benzene rings is 1. The first-order chi connectivity index (χ1) is 9.69. The van der Waals surface area contributed by atoms with E-state index < -0.39 is 6.04 Å². The van der Waals surface area contributed by atoms with Gasteiger partial charge in [-0.3, -0.25) is 4.79 Å². The van der Waals surface area contributed by atoms with Crippen molar-refractivity contribution in [3.8, 4) is 0 Å². The van der Waals surface area contributed by atoms with E-state index in [9.17, 15) is 4.79 Å². The van der Waals surface area contributed by atoms with Gasteiger partial charge in [-0.05, 0) is 43.6 Å². The zero-order chi connectivity index (χ0) is 14.4. The third-order valence-corrected chi connectivity index (χ3v) is 4.41. The maximum atomic E-state index is 12.1. The minimum Gasteiger partial charge on any atom is -0.352 e. The summed E-state index contributed by atoms with van der Waals surface area (Å²) in [4.78, 5) is 12.1. The molecular formula is C17H26N2O. The van der Waals surface area contributed by atoms with Gasteiger partial charge in [-0.15, -0.1) is 0 Å². The molecule has 110 valence electrons. The van der Waals surface area contributed by atoms with Crippen LogP contribution in [0.15, 0.2) is 30.3 Å². The van der Waals surface area contributed by atoms with Crippen molar-refractivity contribution in [1.29, 1.82) is 0 Å². The van der Waals surface area contributed by atoms with Crippen LogP contribution in [-0.2, 0) is 11.2 Å². The summed E-state index contributed by atoms with van der Waals surface area (Å²) in [6.07, 6.45) is 6.53. The van der Waals surface area contributed by atoms with Crippen molar-refractivity contribution in [2.75, 3.05) is 0 Å². The minimum absolute atomic E-state index is 0.00574. The summed E-state index contributed by atoms with van der Waals surface area (Å²) in [7, 11) is 0. The molecule has 3 heteroatoms. The molecule has 20 heavy (non-hydrogen) atoms. The third kappa shape index (κ3) is 4.34. The standard InChI is InChI=1S/C17H26N2O/c1-2-13-8-10-15(11-9-13)19-17(20)16(18)12-14-6-4-3-5-7-14/h3-7,13,15-16H,2,8-12,18H2,1H3,(H,19,20)/t13?,15?,16-/m0/s1. The summed E-state index contributed by atoms with van der Waals surface area (Å²) in [6, 6.07) is 9.84. The molecule has 1 aromatic rings. The molecule has 0 saturated heterocycles. The van der Waals surface area contributed by atoms with E-state index in [0.717, 1.165) is 24.3 Å². The Morgan fingerprint density at radius 3 is 2.50 bits per heavy atom. The second-order valence-corrected chi connectivity index (χ2v) is 5.93. The van der Waals surface area contributed by atoms with Gasteiger partial charge < -0.3 is 11.1 Å². The van der Waals surface area contributed by atoms with Crippen LogP contribution in [0.25, 0.3) is 0 Å². The quantitative estimate of drug-likeness (QED) is 0.867. The second-order valence-electron chi connectivity index (χ2n) is 5.93. The van der Waals surface area contributed by atoms with Crippen LogP contribution in [0.5, 0.6) is 0 Å². The minimum atomic E-state index is -0.443. The zero-order valence-electron chi connectivity index (χ0n) is 12.3. The highest BCUT2D eigenvalue weighted by molar-refractivity contribution is 5.82. The Morgan fingerprint density at radius 2 is 1.90 bits per heavy atom. The predicted molar refractivity (Wildman–Crippen MR) is 82.3 cm³/mol. The van der Waals surface area contributed by atoms with Gasteiger partial charge in [0.2, 0.25) is 5.91 Å². The lowest BCUT2D eigenvalue weighted by atomic mass is 9.84. The summed E-state index contributed by atoms with van der Waals surface area (Å²) < 4.78 is 0. The van der Waals surface area contributed by atoms with Crippen LogP contribution >= 0.6 is 0 Å². The van der Waals surface area contributed by atoms with E-state index in [1.807, 2.05) is 30.3 Å². The fourth-order valence-corrected chi connectivity index (χ4v) is 2.98. The molecule has 3 nitrogen and oxygen atoms in total. The maximum Gasteiger partial charge on any atom is 0.237 e. The highest BCUT2D eigenvalue weighted by Crippen LogP contribution is 2.26. The highest BCUT2D eigenvalue weighted by atomic mass is 16.2. The van der Waals surface area contributed by atoms with Gasteiger partial charge in [0.1, 0.15) is 0 Å². The van der Waals surface area contributed by atoms with E-state index in [4.69, 9.17) is 5.73 Å². The Labute approximate surface area is 121 Å². The molecule has 1 atom stereocenters. The monoisotopic (exact) mass is 274 g/mol. The number of hydrogen-bond donors (Lipinski definition) is 2. The van der Waals surface area contributed by atoms with Crippen LogP contribution in [0, 0.1) is 5.92 Å². The van der Waals surface area contributed by atoms with E-state index >= 15 is 0 Å². The molecule has 1 aromatic carbocycles. The average Bonchev–Trinajstić information content (AvgIpc) is 2.49. The molecule has 0 spiro atoms. The van der Waals surface area contributed by atoms with Crippen LogP contribution in [-0.4, -0.2) is 18.0 Å². The number of nitrogens with one attached hydrogen (secondary N) is 1. The molecule has 1 aliphatic carbocycles. The normalized spacial score (nSPS) is 24.1. The summed E-state index contributed by atoms with van der Waals surface area (Å²) in [6.45, 7) is 2.25. The van der Waals surface area contributed by atoms with Crippen molar-refractivity contribution in [3.05, 3.63) is 35.9 Å². The van der Waals surface area contributed by atoms with Gasteiger partial charge >= 0.3 is 0 Å². The van der Waals surface area contributed by atoms with Crippen molar-refractivity contribution in [2.24, 2.45) is 11.7 Å². The summed E-state index contributed by atoms with van der Waals surface area (Å²) >= 11 is 0. The molecule has 1 saturated carbocycles. The molecule has 1 amide bonds. The highest BCUT2D eigenvalue weighted by Gasteiger charge is 2.23. The van der Waals surface area contributed by atoms with E-state index in [0.29, 0.717) is 12.5 Å². The predicted octanol–water partition coefficient (Wildman–Crippen LogP) is 2.64. The van der Waals surface area contributed by atoms with Crippen molar-refractivity contribution < 1.29 is 4.79 Å². The van der Waals surface area contributed by atoms with Gasteiger partial charge in [0, 0.05) is 6.04 Å². The van der Waals surface area contributed by atoms with Gasteiger partial charge in [-0.25, -0.2) is 0 Å². The van der Waals surface area contributed by atoms with Gasteiger partial charge in [-0.2, -0.15) is 0 Å². The molecular weight excluding hydrogens is 248 g/mol. The lowest BCUT2D eigenvalue weighted by Crippen LogP contribution is -2.47. The van der Waals surface area contributed by atoms with E-state index in [2.05, 4.69) is 12.2 Å². The number of amides is 1. The van der Waals surface area contributed by atoms with Crippen LogP contribution in [0.3, 0.4) is 0 Å². The smallest absolute Gasteiger partial charge is 0.237 e. The Bertz CT molecular complexity index is 410.